The molecule has 0 aromatic heterocycles. The normalized spacial score (nSPS) is 12.3. The monoisotopic (exact) mass is 372 g/mol. The standard InChI is InChI=1S/C24H24N2S/c1-17-10-13-21(14-11-17)19(3)25-26-20(4)23-15-12-18(2)16-24(23)27-22-8-6-5-7-9-22/h5-16H,1-4H3/b25-19+,26-20+. The van der Waals surface area contributed by atoms with Gasteiger partial charge in [-0.3, -0.25) is 0 Å². The van der Waals surface area contributed by atoms with Crippen molar-refractivity contribution in [1.29, 1.82) is 0 Å². The molecule has 3 rings (SSSR count). The van der Waals surface area contributed by atoms with Crippen molar-refractivity contribution in [2.45, 2.75) is 37.5 Å². The van der Waals surface area contributed by atoms with Gasteiger partial charge in [0.2, 0.25) is 0 Å². The molecule has 0 spiro atoms. The van der Waals surface area contributed by atoms with Crippen molar-refractivity contribution in [3.05, 3.63) is 95.1 Å². The van der Waals surface area contributed by atoms with Crippen molar-refractivity contribution in [3.8, 4) is 0 Å². The lowest BCUT2D eigenvalue weighted by Gasteiger charge is -2.10. The molecular weight excluding hydrogens is 348 g/mol. The molecule has 0 saturated heterocycles. The van der Waals surface area contributed by atoms with E-state index >= 15 is 0 Å². The highest BCUT2D eigenvalue weighted by atomic mass is 32.2. The Bertz CT molecular complexity index is 971. The molecule has 0 radical (unpaired) electrons. The minimum atomic E-state index is 0.915. The summed E-state index contributed by atoms with van der Waals surface area (Å²) in [7, 11) is 0. The lowest BCUT2D eigenvalue weighted by Crippen LogP contribution is -1.99. The van der Waals surface area contributed by atoms with Gasteiger partial charge in [-0.15, -0.1) is 0 Å². The van der Waals surface area contributed by atoms with Gasteiger partial charge >= 0.3 is 0 Å². The fourth-order valence-corrected chi connectivity index (χ4v) is 3.80. The van der Waals surface area contributed by atoms with Gasteiger partial charge in [-0.1, -0.05) is 71.9 Å². The van der Waals surface area contributed by atoms with Crippen LogP contribution in [0.15, 0.2) is 92.8 Å². The lowest BCUT2D eigenvalue weighted by molar-refractivity contribution is 1.20. The van der Waals surface area contributed by atoms with Gasteiger partial charge in [0.15, 0.2) is 0 Å². The first-order chi connectivity index (χ1) is 13.0. The minimum absolute atomic E-state index is 0.915. The molecule has 0 unspecified atom stereocenters. The number of rotatable bonds is 5. The van der Waals surface area contributed by atoms with Crippen molar-refractivity contribution < 1.29 is 0 Å². The molecule has 0 heterocycles. The van der Waals surface area contributed by atoms with Gasteiger partial charge in [0.25, 0.3) is 0 Å². The SMILES string of the molecule is C/C(=N\N=C(/C)c1ccc(C)cc1Sc1ccccc1)c1ccc(C)cc1. The quantitative estimate of drug-likeness (QED) is 0.362. The van der Waals surface area contributed by atoms with Crippen LogP contribution < -0.4 is 0 Å². The zero-order valence-electron chi connectivity index (χ0n) is 16.2. The Morgan fingerprint density at radius 3 is 2.04 bits per heavy atom. The number of benzene rings is 3. The number of nitrogens with zero attached hydrogens (tertiary/aromatic N) is 2. The van der Waals surface area contributed by atoms with E-state index in [0.29, 0.717) is 0 Å². The van der Waals surface area contributed by atoms with Crippen LogP contribution in [0.25, 0.3) is 0 Å². The summed E-state index contributed by atoms with van der Waals surface area (Å²) in [6.07, 6.45) is 0. The van der Waals surface area contributed by atoms with Gasteiger partial charge in [0.05, 0.1) is 11.4 Å². The first kappa shape index (κ1) is 19.1. The Morgan fingerprint density at radius 2 is 1.33 bits per heavy atom. The molecule has 0 aliphatic carbocycles. The third-order valence-electron chi connectivity index (χ3n) is 4.32. The smallest absolute Gasteiger partial charge is 0.0683 e. The zero-order chi connectivity index (χ0) is 19.2. The zero-order valence-corrected chi connectivity index (χ0v) is 17.0. The molecule has 27 heavy (non-hydrogen) atoms. The van der Waals surface area contributed by atoms with Gasteiger partial charge < -0.3 is 0 Å². The van der Waals surface area contributed by atoms with Gasteiger partial charge in [-0.25, -0.2) is 0 Å². The summed E-state index contributed by atoms with van der Waals surface area (Å²) in [5.41, 5.74) is 6.53. The Hall–Kier alpha value is -2.65. The fraction of sp³-hybridized carbons (Fsp3) is 0.167. The van der Waals surface area contributed by atoms with Crippen LogP contribution in [0.1, 0.15) is 36.1 Å². The molecule has 0 aliphatic rings. The highest BCUT2D eigenvalue weighted by Gasteiger charge is 2.08. The van der Waals surface area contributed by atoms with Crippen LogP contribution in [-0.2, 0) is 0 Å². The minimum Gasteiger partial charge on any atom is -0.155 e. The summed E-state index contributed by atoms with van der Waals surface area (Å²) in [6, 6.07) is 25.3. The van der Waals surface area contributed by atoms with E-state index in [1.165, 1.54) is 20.9 Å². The topological polar surface area (TPSA) is 24.7 Å². The van der Waals surface area contributed by atoms with E-state index in [1.807, 2.05) is 19.9 Å². The summed E-state index contributed by atoms with van der Waals surface area (Å²) < 4.78 is 0. The third kappa shape index (κ3) is 5.18. The Labute approximate surface area is 166 Å². The largest absolute Gasteiger partial charge is 0.155 e. The van der Waals surface area contributed by atoms with E-state index in [0.717, 1.165) is 22.6 Å². The maximum Gasteiger partial charge on any atom is 0.0683 e. The second-order valence-electron chi connectivity index (χ2n) is 6.65. The molecule has 0 N–H and O–H groups in total. The molecule has 2 nitrogen and oxygen atoms in total. The maximum absolute atomic E-state index is 4.52. The Morgan fingerprint density at radius 1 is 0.704 bits per heavy atom. The predicted molar refractivity (Wildman–Crippen MR) is 117 cm³/mol. The van der Waals surface area contributed by atoms with Crippen LogP contribution in [-0.4, -0.2) is 11.4 Å². The van der Waals surface area contributed by atoms with E-state index in [-0.39, 0.29) is 0 Å². The predicted octanol–water partition coefficient (Wildman–Crippen LogP) is 6.69. The van der Waals surface area contributed by atoms with E-state index in [1.54, 1.807) is 11.8 Å². The fourth-order valence-electron chi connectivity index (χ4n) is 2.68. The summed E-state index contributed by atoms with van der Waals surface area (Å²) in [5, 5.41) is 8.98. The number of hydrogen-bond acceptors (Lipinski definition) is 3. The van der Waals surface area contributed by atoms with Crippen molar-refractivity contribution in [1.82, 2.24) is 0 Å². The average Bonchev–Trinajstić information content (AvgIpc) is 2.67. The van der Waals surface area contributed by atoms with Gasteiger partial charge in [0, 0.05) is 15.4 Å². The molecule has 0 amide bonds. The molecular formula is C24H24N2S. The summed E-state index contributed by atoms with van der Waals surface area (Å²) in [4.78, 5) is 2.42. The summed E-state index contributed by atoms with van der Waals surface area (Å²) >= 11 is 1.76. The second kappa shape index (κ2) is 8.83. The van der Waals surface area contributed by atoms with Crippen LogP contribution in [0.4, 0.5) is 0 Å². The molecule has 0 fully saturated rings. The molecule has 0 saturated carbocycles. The van der Waals surface area contributed by atoms with Gasteiger partial charge in [-0.2, -0.15) is 10.2 Å². The molecule has 3 aromatic carbocycles. The first-order valence-corrected chi connectivity index (χ1v) is 9.84. The first-order valence-electron chi connectivity index (χ1n) is 9.03. The third-order valence-corrected chi connectivity index (χ3v) is 5.38. The van der Waals surface area contributed by atoms with Crippen molar-refractivity contribution in [3.63, 3.8) is 0 Å². The highest BCUT2D eigenvalue weighted by molar-refractivity contribution is 7.99. The van der Waals surface area contributed by atoms with Crippen molar-refractivity contribution in [2.24, 2.45) is 10.2 Å². The van der Waals surface area contributed by atoms with E-state index < -0.39 is 0 Å². The van der Waals surface area contributed by atoms with Crippen LogP contribution in [0.2, 0.25) is 0 Å². The Kier molecular flexibility index (Phi) is 6.25. The molecule has 3 heteroatoms. The van der Waals surface area contributed by atoms with Crippen molar-refractivity contribution in [2.75, 3.05) is 0 Å². The molecule has 0 atom stereocenters. The van der Waals surface area contributed by atoms with Crippen LogP contribution in [0.5, 0.6) is 0 Å². The number of aryl methyl sites for hydroxylation is 2. The molecule has 136 valence electrons. The number of hydrogen-bond donors (Lipinski definition) is 0. The van der Waals surface area contributed by atoms with E-state index in [2.05, 4.69) is 90.8 Å². The van der Waals surface area contributed by atoms with Gasteiger partial charge in [0.1, 0.15) is 0 Å². The maximum atomic E-state index is 4.52. The molecule has 0 aliphatic heterocycles. The van der Waals surface area contributed by atoms with Crippen molar-refractivity contribution >= 4 is 23.2 Å². The summed E-state index contributed by atoms with van der Waals surface area (Å²) in [6.45, 7) is 8.22. The summed E-state index contributed by atoms with van der Waals surface area (Å²) in [5.74, 6) is 0. The van der Waals surface area contributed by atoms with Gasteiger partial charge in [-0.05, 0) is 57.0 Å². The van der Waals surface area contributed by atoms with E-state index in [4.69, 9.17) is 0 Å². The Balaban J connectivity index is 1.89. The molecule has 3 aromatic rings. The van der Waals surface area contributed by atoms with Crippen LogP contribution in [0.3, 0.4) is 0 Å². The lowest BCUT2D eigenvalue weighted by atomic mass is 10.1. The second-order valence-corrected chi connectivity index (χ2v) is 7.77. The molecule has 0 bridgehead atoms. The average molecular weight is 373 g/mol. The van der Waals surface area contributed by atoms with Crippen LogP contribution >= 0.6 is 11.8 Å². The van der Waals surface area contributed by atoms with Crippen LogP contribution in [0, 0.1) is 13.8 Å². The van der Waals surface area contributed by atoms with E-state index in [9.17, 15) is 0 Å². The highest BCUT2D eigenvalue weighted by Crippen LogP contribution is 2.31.